The number of fused-ring (bicyclic) bond motifs is 1. The standard InChI is InChI=1S/C22H30N2O5.Na/c1-28-18-12-11-15(14-19(18)29-2)21-16-8-5-6-9-17(16)22(27)24(23-21)13-7-3-4-10-20(25)26;/h11-12,14,16-17H,3-10,13H2,1-2H3,(H,25,26);/q;+1/p-1/t16-,17+;/m1./s1. The molecule has 1 heterocycles. The molecule has 7 nitrogen and oxygen atoms in total. The molecule has 2 aliphatic rings. The van der Waals surface area contributed by atoms with Gasteiger partial charge in [0.2, 0.25) is 5.91 Å². The van der Waals surface area contributed by atoms with Gasteiger partial charge in [0.15, 0.2) is 11.5 Å². The Bertz CT molecular complexity index is 783. The van der Waals surface area contributed by atoms with Crippen LogP contribution in [0.15, 0.2) is 23.3 Å². The number of rotatable bonds is 9. The number of nitrogens with zero attached hydrogens (tertiary/aromatic N) is 2. The third-order valence-corrected chi connectivity index (χ3v) is 5.85. The van der Waals surface area contributed by atoms with Gasteiger partial charge in [-0.25, -0.2) is 5.01 Å². The van der Waals surface area contributed by atoms with Gasteiger partial charge in [-0.1, -0.05) is 19.3 Å². The molecule has 1 aromatic carbocycles. The molecule has 0 N–H and O–H groups in total. The molecule has 1 amide bonds. The van der Waals surface area contributed by atoms with Crippen molar-refractivity contribution in [2.75, 3.05) is 20.8 Å². The topological polar surface area (TPSA) is 91.3 Å². The number of amides is 1. The number of methoxy groups -OCH3 is 2. The van der Waals surface area contributed by atoms with Crippen molar-refractivity contribution in [1.82, 2.24) is 5.01 Å². The molecular weight excluding hydrogens is 395 g/mol. The maximum Gasteiger partial charge on any atom is 1.00 e. The normalized spacial score (nSPS) is 20.7. The number of aliphatic carboxylic acids is 1. The van der Waals surface area contributed by atoms with Gasteiger partial charge < -0.3 is 19.4 Å². The summed E-state index contributed by atoms with van der Waals surface area (Å²) in [6.45, 7) is 0.506. The van der Waals surface area contributed by atoms with Gasteiger partial charge in [-0.05, 0) is 50.3 Å². The van der Waals surface area contributed by atoms with Crippen molar-refractivity contribution < 1.29 is 53.7 Å². The summed E-state index contributed by atoms with van der Waals surface area (Å²) in [5.74, 6) is 0.465. The minimum atomic E-state index is -1.03. The van der Waals surface area contributed by atoms with Crippen LogP contribution in [0.25, 0.3) is 0 Å². The maximum absolute atomic E-state index is 13.0. The van der Waals surface area contributed by atoms with E-state index in [0.717, 1.165) is 49.8 Å². The second-order valence-corrected chi connectivity index (χ2v) is 7.70. The predicted octanol–water partition coefficient (Wildman–Crippen LogP) is -0.629. The Labute approximate surface area is 200 Å². The fraction of sp³-hybridized carbons (Fsp3) is 0.591. The van der Waals surface area contributed by atoms with E-state index in [2.05, 4.69) is 0 Å². The van der Waals surface area contributed by atoms with E-state index in [9.17, 15) is 14.7 Å². The minimum Gasteiger partial charge on any atom is -0.550 e. The van der Waals surface area contributed by atoms with Crippen LogP contribution in [0.1, 0.15) is 56.9 Å². The summed E-state index contributed by atoms with van der Waals surface area (Å²) in [7, 11) is 3.21. The number of carboxylic acids is 1. The van der Waals surface area contributed by atoms with Crippen molar-refractivity contribution in [2.45, 2.75) is 51.4 Å². The smallest absolute Gasteiger partial charge is 0.550 e. The van der Waals surface area contributed by atoms with E-state index in [0.29, 0.717) is 24.5 Å². The number of hydrazone groups is 1. The molecule has 1 aliphatic heterocycles. The van der Waals surface area contributed by atoms with Gasteiger partial charge in [0.25, 0.3) is 0 Å². The zero-order valence-corrected chi connectivity index (χ0v) is 20.2. The molecule has 0 saturated heterocycles. The molecule has 158 valence electrons. The molecule has 1 aromatic rings. The van der Waals surface area contributed by atoms with E-state index in [1.807, 2.05) is 18.2 Å². The first-order chi connectivity index (χ1) is 14.0. The number of carbonyl (C=O) groups excluding carboxylic acids is 2. The second-order valence-electron chi connectivity index (χ2n) is 7.70. The molecule has 1 fully saturated rings. The monoisotopic (exact) mass is 424 g/mol. The van der Waals surface area contributed by atoms with Crippen molar-refractivity contribution in [2.24, 2.45) is 16.9 Å². The average Bonchev–Trinajstić information content (AvgIpc) is 2.74. The fourth-order valence-corrected chi connectivity index (χ4v) is 4.33. The number of carboxylic acid groups (broad SMARTS) is 1. The van der Waals surface area contributed by atoms with E-state index in [1.54, 1.807) is 19.2 Å². The molecule has 0 aromatic heterocycles. The number of hydrogen-bond acceptors (Lipinski definition) is 6. The Hall–Kier alpha value is -1.57. The quantitative estimate of drug-likeness (QED) is 0.389. The van der Waals surface area contributed by atoms with E-state index in [-0.39, 0.29) is 53.7 Å². The van der Waals surface area contributed by atoms with Crippen molar-refractivity contribution in [3.63, 3.8) is 0 Å². The van der Waals surface area contributed by atoms with Gasteiger partial charge in [0, 0.05) is 29.9 Å². The molecule has 1 saturated carbocycles. The van der Waals surface area contributed by atoms with Gasteiger partial charge in [-0.2, -0.15) is 5.10 Å². The van der Waals surface area contributed by atoms with Crippen LogP contribution in [0.4, 0.5) is 0 Å². The van der Waals surface area contributed by atoms with Crippen molar-refractivity contribution in [3.8, 4) is 11.5 Å². The molecule has 0 bridgehead atoms. The Morgan fingerprint density at radius 2 is 1.80 bits per heavy atom. The van der Waals surface area contributed by atoms with Crippen LogP contribution in [-0.4, -0.2) is 43.4 Å². The van der Waals surface area contributed by atoms with E-state index in [4.69, 9.17) is 14.6 Å². The van der Waals surface area contributed by atoms with Crippen LogP contribution in [0, 0.1) is 11.8 Å². The third-order valence-electron chi connectivity index (χ3n) is 5.85. The Balaban J connectivity index is 0.00000320. The van der Waals surface area contributed by atoms with Gasteiger partial charge in [0.05, 0.1) is 19.9 Å². The Morgan fingerprint density at radius 3 is 2.47 bits per heavy atom. The molecule has 0 spiro atoms. The van der Waals surface area contributed by atoms with Crippen molar-refractivity contribution in [1.29, 1.82) is 0 Å². The molecule has 8 heteroatoms. The fourth-order valence-electron chi connectivity index (χ4n) is 4.33. The molecule has 3 rings (SSSR count). The molecule has 2 atom stereocenters. The third kappa shape index (κ3) is 5.77. The second kappa shape index (κ2) is 11.7. The number of ether oxygens (including phenoxy) is 2. The number of unbranched alkanes of at least 4 members (excludes halogenated alkanes) is 2. The maximum atomic E-state index is 13.0. The van der Waals surface area contributed by atoms with Crippen LogP contribution >= 0.6 is 0 Å². The number of benzene rings is 1. The summed E-state index contributed by atoms with van der Waals surface area (Å²) < 4.78 is 10.8. The summed E-state index contributed by atoms with van der Waals surface area (Å²) in [6.07, 6.45) is 6.07. The van der Waals surface area contributed by atoms with Crippen LogP contribution in [0.5, 0.6) is 11.5 Å². The van der Waals surface area contributed by atoms with E-state index < -0.39 is 5.97 Å². The summed E-state index contributed by atoms with van der Waals surface area (Å²) in [5, 5.41) is 16.9. The first kappa shape index (κ1) is 24.7. The predicted molar refractivity (Wildman–Crippen MR) is 107 cm³/mol. The summed E-state index contributed by atoms with van der Waals surface area (Å²) in [4.78, 5) is 23.6. The van der Waals surface area contributed by atoms with Gasteiger partial charge in [0.1, 0.15) is 0 Å². The first-order valence-corrected chi connectivity index (χ1v) is 10.4. The number of hydrogen-bond donors (Lipinski definition) is 0. The molecule has 1 aliphatic carbocycles. The van der Waals surface area contributed by atoms with Crippen LogP contribution < -0.4 is 44.1 Å². The van der Waals surface area contributed by atoms with E-state index in [1.165, 1.54) is 0 Å². The van der Waals surface area contributed by atoms with Crippen molar-refractivity contribution in [3.05, 3.63) is 23.8 Å². The van der Waals surface area contributed by atoms with Crippen LogP contribution in [-0.2, 0) is 9.59 Å². The van der Waals surface area contributed by atoms with Crippen LogP contribution in [0.2, 0.25) is 0 Å². The Morgan fingerprint density at radius 1 is 1.10 bits per heavy atom. The van der Waals surface area contributed by atoms with E-state index >= 15 is 0 Å². The SMILES string of the molecule is COc1ccc(C2=NN(CCCCCC(=O)[O-])C(=O)[C@H]3CCCC[C@@H]23)cc1OC.[Na+]. The zero-order valence-electron chi connectivity index (χ0n) is 18.2. The first-order valence-electron chi connectivity index (χ1n) is 10.4. The number of carbonyl (C=O) groups is 2. The largest absolute Gasteiger partial charge is 1.00 e. The summed E-state index contributed by atoms with van der Waals surface area (Å²) in [6, 6.07) is 5.77. The zero-order chi connectivity index (χ0) is 20.8. The summed E-state index contributed by atoms with van der Waals surface area (Å²) >= 11 is 0. The molecule has 30 heavy (non-hydrogen) atoms. The van der Waals surface area contributed by atoms with Crippen LogP contribution in [0.3, 0.4) is 0 Å². The van der Waals surface area contributed by atoms with Crippen molar-refractivity contribution >= 4 is 17.6 Å². The average molecular weight is 424 g/mol. The summed E-state index contributed by atoms with van der Waals surface area (Å²) in [5.41, 5.74) is 1.89. The van der Waals surface area contributed by atoms with Gasteiger partial charge in [-0.3, -0.25) is 4.79 Å². The van der Waals surface area contributed by atoms with Gasteiger partial charge >= 0.3 is 29.6 Å². The van der Waals surface area contributed by atoms with Gasteiger partial charge in [-0.15, -0.1) is 0 Å². The molecular formula is C22H29N2NaO5. The minimum absolute atomic E-state index is 0. The molecule has 0 unspecified atom stereocenters. The Kier molecular flexibility index (Phi) is 9.65. The molecule has 0 radical (unpaired) electrons.